The molecule has 1 rings (SSSR count). The molecule has 0 aliphatic heterocycles. The molecule has 3 N–H and O–H groups in total. The quantitative estimate of drug-likeness (QED) is 0.846. The van der Waals surface area contributed by atoms with Gasteiger partial charge in [0.15, 0.2) is 5.69 Å². The molecule has 1 aromatic rings. The third-order valence-electron chi connectivity index (χ3n) is 1.58. The van der Waals surface area contributed by atoms with Gasteiger partial charge in [-0.15, -0.1) is 11.3 Å². The van der Waals surface area contributed by atoms with Crippen LogP contribution in [0.5, 0.6) is 0 Å². The van der Waals surface area contributed by atoms with Gasteiger partial charge < -0.3 is 10.5 Å². The summed E-state index contributed by atoms with van der Waals surface area (Å²) in [4.78, 5) is 26.5. The van der Waals surface area contributed by atoms with E-state index in [-0.39, 0.29) is 5.69 Å². The smallest absolute Gasteiger partial charge is 0.412 e. The van der Waals surface area contributed by atoms with E-state index < -0.39 is 17.6 Å². The van der Waals surface area contributed by atoms with Crippen molar-refractivity contribution in [3.05, 3.63) is 10.7 Å². The van der Waals surface area contributed by atoms with Crippen molar-refractivity contribution in [1.29, 1.82) is 0 Å². The number of primary amides is 1. The molecule has 0 aliphatic carbocycles. The van der Waals surface area contributed by atoms with E-state index in [2.05, 4.69) is 10.3 Å². The molecule has 1 aromatic heterocycles. The topological polar surface area (TPSA) is 94.3 Å². The first kappa shape index (κ1) is 13.4. The molecule has 0 atom stereocenters. The number of hydrogen-bond donors (Lipinski definition) is 2. The van der Waals surface area contributed by atoms with Gasteiger partial charge in [0.25, 0.3) is 5.91 Å². The van der Waals surface area contributed by atoms with Gasteiger partial charge in [0.05, 0.1) is 5.01 Å². The lowest BCUT2D eigenvalue weighted by molar-refractivity contribution is 0.0636. The summed E-state index contributed by atoms with van der Waals surface area (Å²) < 4.78 is 5.06. The Morgan fingerprint density at radius 1 is 1.41 bits per heavy atom. The summed E-state index contributed by atoms with van der Waals surface area (Å²) in [7, 11) is 0. The fourth-order valence-corrected chi connectivity index (χ4v) is 1.88. The van der Waals surface area contributed by atoms with E-state index in [1.807, 2.05) is 0 Å². The maximum Gasteiger partial charge on any atom is 0.412 e. The van der Waals surface area contributed by atoms with Crippen molar-refractivity contribution in [2.24, 2.45) is 5.73 Å². The Morgan fingerprint density at radius 2 is 2.00 bits per heavy atom. The lowest BCUT2D eigenvalue weighted by Crippen LogP contribution is -2.27. The van der Waals surface area contributed by atoms with Gasteiger partial charge in [-0.1, -0.05) is 0 Å². The molecule has 94 valence electrons. The van der Waals surface area contributed by atoms with Crippen LogP contribution in [0.15, 0.2) is 0 Å². The van der Waals surface area contributed by atoms with Crippen LogP contribution in [0.25, 0.3) is 0 Å². The van der Waals surface area contributed by atoms with E-state index in [4.69, 9.17) is 10.5 Å². The molecule has 0 aliphatic rings. The number of carbonyl (C=O) groups is 2. The summed E-state index contributed by atoms with van der Waals surface area (Å²) in [6.07, 6.45) is -0.636. The average Bonchev–Trinajstić information content (AvgIpc) is 2.42. The van der Waals surface area contributed by atoms with Gasteiger partial charge in [-0.25, -0.2) is 9.78 Å². The van der Waals surface area contributed by atoms with Crippen molar-refractivity contribution < 1.29 is 14.3 Å². The number of aryl methyl sites for hydroxylation is 1. The number of hydrogen-bond acceptors (Lipinski definition) is 5. The van der Waals surface area contributed by atoms with Crippen LogP contribution in [0.2, 0.25) is 0 Å². The molecule has 6 nitrogen and oxygen atoms in total. The van der Waals surface area contributed by atoms with Crippen LogP contribution in [0.4, 0.5) is 9.80 Å². The Labute approximate surface area is 103 Å². The van der Waals surface area contributed by atoms with Crippen molar-refractivity contribution in [2.75, 3.05) is 5.32 Å². The average molecular weight is 257 g/mol. The summed E-state index contributed by atoms with van der Waals surface area (Å²) in [6, 6.07) is 0. The maximum absolute atomic E-state index is 11.5. The Bertz CT molecular complexity index is 448. The van der Waals surface area contributed by atoms with Crippen molar-refractivity contribution in [3.8, 4) is 0 Å². The van der Waals surface area contributed by atoms with Gasteiger partial charge in [-0.3, -0.25) is 10.1 Å². The monoisotopic (exact) mass is 257 g/mol. The molecule has 0 fully saturated rings. The van der Waals surface area contributed by atoms with Crippen LogP contribution >= 0.6 is 11.3 Å². The Hall–Kier alpha value is -1.63. The molecule has 0 bridgehead atoms. The van der Waals surface area contributed by atoms with E-state index in [1.54, 1.807) is 27.7 Å². The van der Waals surface area contributed by atoms with E-state index in [1.165, 1.54) is 11.3 Å². The fraction of sp³-hybridized carbons (Fsp3) is 0.500. The molecule has 2 amide bonds. The number of rotatable bonds is 2. The highest BCUT2D eigenvalue weighted by atomic mass is 32.1. The van der Waals surface area contributed by atoms with Gasteiger partial charge in [-0.05, 0) is 27.7 Å². The zero-order valence-corrected chi connectivity index (χ0v) is 11.0. The number of carbonyl (C=O) groups excluding carboxylic acids is 2. The van der Waals surface area contributed by atoms with Crippen LogP contribution in [-0.4, -0.2) is 22.6 Å². The number of ether oxygens (including phenoxy) is 1. The number of nitrogens with zero attached hydrogens (tertiary/aromatic N) is 1. The van der Waals surface area contributed by atoms with E-state index >= 15 is 0 Å². The van der Waals surface area contributed by atoms with Crippen LogP contribution in [0.1, 0.15) is 36.3 Å². The first-order chi connectivity index (χ1) is 7.69. The summed E-state index contributed by atoms with van der Waals surface area (Å²) >= 11 is 1.17. The van der Waals surface area contributed by atoms with Crippen molar-refractivity contribution >= 4 is 28.3 Å². The molecule has 0 saturated carbocycles. The lowest BCUT2D eigenvalue weighted by Gasteiger charge is -2.19. The second-order valence-electron chi connectivity index (χ2n) is 4.40. The molecule has 0 radical (unpaired) electrons. The second kappa shape index (κ2) is 4.70. The predicted molar refractivity (Wildman–Crippen MR) is 65.2 cm³/mol. The van der Waals surface area contributed by atoms with Gasteiger partial charge in [0, 0.05) is 0 Å². The predicted octanol–water partition coefficient (Wildman–Crippen LogP) is 1.90. The first-order valence-corrected chi connectivity index (χ1v) is 5.78. The number of amides is 2. The highest BCUT2D eigenvalue weighted by molar-refractivity contribution is 7.16. The van der Waals surface area contributed by atoms with Crippen LogP contribution in [-0.2, 0) is 4.74 Å². The molecule has 0 saturated heterocycles. The second-order valence-corrected chi connectivity index (χ2v) is 5.60. The van der Waals surface area contributed by atoms with Gasteiger partial charge in [0.2, 0.25) is 0 Å². The van der Waals surface area contributed by atoms with E-state index in [0.717, 1.165) is 0 Å². The SMILES string of the molecule is Cc1nc(C(N)=O)c(NC(=O)OC(C)(C)C)s1. The third kappa shape index (κ3) is 4.03. The standard InChI is InChI=1S/C10H15N3O3S/c1-5-12-6(7(11)14)8(17-5)13-9(15)16-10(2,3)4/h1-4H3,(H2,11,14)(H,13,15). The Balaban J connectivity index is 2.81. The molecule has 7 heteroatoms. The lowest BCUT2D eigenvalue weighted by atomic mass is 10.2. The fourth-order valence-electron chi connectivity index (χ4n) is 1.08. The van der Waals surface area contributed by atoms with Crippen LogP contribution in [0, 0.1) is 6.92 Å². The van der Waals surface area contributed by atoms with Crippen LogP contribution in [0.3, 0.4) is 0 Å². The van der Waals surface area contributed by atoms with Gasteiger partial charge in [-0.2, -0.15) is 0 Å². The minimum absolute atomic E-state index is 0.0540. The molecule has 0 spiro atoms. The highest BCUT2D eigenvalue weighted by Crippen LogP contribution is 2.24. The molecule has 0 aromatic carbocycles. The van der Waals surface area contributed by atoms with Crippen molar-refractivity contribution in [3.63, 3.8) is 0 Å². The Kier molecular flexibility index (Phi) is 3.72. The van der Waals surface area contributed by atoms with E-state index in [9.17, 15) is 9.59 Å². The summed E-state index contributed by atoms with van der Waals surface area (Å²) in [5.41, 5.74) is 4.60. The number of anilines is 1. The molecular formula is C10H15N3O3S. The Morgan fingerprint density at radius 3 is 2.47 bits per heavy atom. The zero-order valence-electron chi connectivity index (χ0n) is 10.2. The minimum atomic E-state index is -0.680. The van der Waals surface area contributed by atoms with Crippen molar-refractivity contribution in [1.82, 2.24) is 4.98 Å². The summed E-state index contributed by atoms with van der Waals surface area (Å²) in [5, 5.41) is 3.42. The van der Waals surface area contributed by atoms with Gasteiger partial charge in [0.1, 0.15) is 10.6 Å². The normalized spacial score (nSPS) is 11.1. The molecular weight excluding hydrogens is 242 g/mol. The van der Waals surface area contributed by atoms with Crippen molar-refractivity contribution in [2.45, 2.75) is 33.3 Å². The molecule has 0 unspecified atom stereocenters. The highest BCUT2D eigenvalue weighted by Gasteiger charge is 2.20. The minimum Gasteiger partial charge on any atom is -0.444 e. The summed E-state index contributed by atoms with van der Waals surface area (Å²) in [5.74, 6) is -0.680. The van der Waals surface area contributed by atoms with Gasteiger partial charge >= 0.3 is 6.09 Å². The molecule has 17 heavy (non-hydrogen) atoms. The summed E-state index contributed by atoms with van der Waals surface area (Å²) in [6.45, 7) is 6.97. The first-order valence-electron chi connectivity index (χ1n) is 4.96. The van der Waals surface area contributed by atoms with Crippen LogP contribution < -0.4 is 11.1 Å². The maximum atomic E-state index is 11.5. The number of nitrogens with one attached hydrogen (secondary N) is 1. The largest absolute Gasteiger partial charge is 0.444 e. The third-order valence-corrected chi connectivity index (χ3v) is 2.47. The molecule has 1 heterocycles. The van der Waals surface area contributed by atoms with E-state index in [0.29, 0.717) is 10.0 Å². The zero-order chi connectivity index (χ0) is 13.2. The number of thiazole rings is 1. The number of nitrogens with two attached hydrogens (primary N) is 1. The number of aromatic nitrogens is 1.